The van der Waals surface area contributed by atoms with Crippen molar-refractivity contribution in [1.29, 1.82) is 0 Å². The molecule has 0 bridgehead atoms. The molecule has 1 saturated heterocycles. The van der Waals surface area contributed by atoms with Crippen molar-refractivity contribution in [2.24, 2.45) is 0 Å². The minimum absolute atomic E-state index is 0.00519. The molecule has 6 atom stereocenters. The summed E-state index contributed by atoms with van der Waals surface area (Å²) in [6.45, 7) is 3.71. The summed E-state index contributed by atoms with van der Waals surface area (Å²) in [6, 6.07) is 4.57. The van der Waals surface area contributed by atoms with Crippen LogP contribution in [0, 0.1) is 0 Å². The molecule has 1 aliphatic heterocycles. The summed E-state index contributed by atoms with van der Waals surface area (Å²) >= 11 is 0. The summed E-state index contributed by atoms with van der Waals surface area (Å²) in [7, 11) is 1.11. The van der Waals surface area contributed by atoms with Gasteiger partial charge < -0.3 is 43.6 Å². The van der Waals surface area contributed by atoms with Gasteiger partial charge in [-0.1, -0.05) is 12.1 Å². The molecular formula is C25H31NO14. The van der Waals surface area contributed by atoms with Gasteiger partial charge in [0.1, 0.15) is 24.5 Å². The molecule has 15 heteroatoms. The van der Waals surface area contributed by atoms with Crippen molar-refractivity contribution in [2.75, 3.05) is 13.7 Å². The monoisotopic (exact) mass is 569 g/mol. The molecule has 1 aromatic carbocycles. The van der Waals surface area contributed by atoms with Crippen molar-refractivity contribution < 1.29 is 67.0 Å². The molecule has 1 heterocycles. The lowest BCUT2D eigenvalue weighted by Crippen LogP contribution is -2.63. The molecule has 0 spiro atoms. The predicted molar refractivity (Wildman–Crippen MR) is 129 cm³/mol. The first-order valence-electron chi connectivity index (χ1n) is 11.9. The number of carbonyl (C=O) groups excluding carboxylic acids is 6. The van der Waals surface area contributed by atoms with Crippen molar-refractivity contribution >= 4 is 35.9 Å². The van der Waals surface area contributed by atoms with E-state index in [0.717, 1.165) is 34.8 Å². The van der Waals surface area contributed by atoms with Gasteiger partial charge in [0.2, 0.25) is 12.4 Å². The first kappa shape index (κ1) is 31.8. The number of methoxy groups -OCH3 is 1. The third kappa shape index (κ3) is 9.72. The van der Waals surface area contributed by atoms with Gasteiger partial charge in [-0.3, -0.25) is 19.2 Å². The first-order valence-corrected chi connectivity index (χ1v) is 11.9. The number of phenols is 1. The van der Waals surface area contributed by atoms with Crippen LogP contribution in [0.3, 0.4) is 0 Å². The zero-order chi connectivity index (χ0) is 30.0. The van der Waals surface area contributed by atoms with Gasteiger partial charge in [0, 0.05) is 34.1 Å². The lowest BCUT2D eigenvalue weighted by atomic mass is 9.98. The van der Waals surface area contributed by atoms with E-state index >= 15 is 0 Å². The quantitative estimate of drug-likeness (QED) is 0.288. The Hall–Kier alpha value is -4.40. The minimum atomic E-state index is -1.78. The maximum Gasteiger partial charge on any atom is 0.410 e. The number of nitrogens with one attached hydrogen (secondary N) is 1. The molecule has 2 rings (SSSR count). The lowest BCUT2D eigenvalue weighted by molar-refractivity contribution is -0.294. The molecule has 1 fully saturated rings. The van der Waals surface area contributed by atoms with Gasteiger partial charge in [-0.2, -0.15) is 0 Å². The van der Waals surface area contributed by atoms with Gasteiger partial charge in [-0.05, 0) is 17.7 Å². The largest absolute Gasteiger partial charge is 0.508 e. The molecule has 0 aliphatic carbocycles. The molecule has 40 heavy (non-hydrogen) atoms. The van der Waals surface area contributed by atoms with E-state index in [1.54, 1.807) is 0 Å². The van der Waals surface area contributed by atoms with E-state index in [1.807, 2.05) is 0 Å². The maximum absolute atomic E-state index is 12.9. The molecule has 2 N–H and O–H groups in total. The summed E-state index contributed by atoms with van der Waals surface area (Å²) in [5, 5.41) is 11.8. The number of aromatic hydroxyl groups is 1. The van der Waals surface area contributed by atoms with Crippen LogP contribution in [0.15, 0.2) is 24.3 Å². The fourth-order valence-corrected chi connectivity index (χ4v) is 3.77. The molecule has 0 aromatic heterocycles. The molecule has 220 valence electrons. The van der Waals surface area contributed by atoms with Gasteiger partial charge in [-0.15, -0.1) is 0 Å². The Balaban J connectivity index is 2.35. The Labute approximate surface area is 228 Å². The van der Waals surface area contributed by atoms with Crippen LogP contribution in [0.25, 0.3) is 0 Å². The van der Waals surface area contributed by atoms with Crippen LogP contribution in [0.5, 0.6) is 5.75 Å². The minimum Gasteiger partial charge on any atom is -0.508 e. The number of phenolic OH excluding ortho intramolecular Hbond substituents is 1. The highest BCUT2D eigenvalue weighted by molar-refractivity contribution is 5.81. The SMILES string of the molecule is COC(=O)[C@H](Cc1ccc(O)cc1)NC(=O)OC1O[C@H](COC(C)=O)[C@@H](OC(C)=O)[C@H](OC(C)=O)[C@H]1OC(C)=O. The number of esters is 5. The first-order chi connectivity index (χ1) is 18.8. The number of rotatable bonds is 10. The van der Waals surface area contributed by atoms with E-state index in [2.05, 4.69) is 5.32 Å². The summed E-state index contributed by atoms with van der Waals surface area (Å²) in [4.78, 5) is 72.3. The van der Waals surface area contributed by atoms with Gasteiger partial charge in [0.15, 0.2) is 12.2 Å². The van der Waals surface area contributed by atoms with Crippen LogP contribution in [0.1, 0.15) is 33.3 Å². The number of carbonyl (C=O) groups is 6. The smallest absolute Gasteiger partial charge is 0.410 e. The highest BCUT2D eigenvalue weighted by atomic mass is 16.8. The van der Waals surface area contributed by atoms with E-state index in [-0.39, 0.29) is 12.2 Å². The molecule has 1 aromatic rings. The summed E-state index contributed by atoms with van der Waals surface area (Å²) in [6.07, 6.45) is -9.03. The topological polar surface area (TPSA) is 199 Å². The van der Waals surface area contributed by atoms with Crippen molar-refractivity contribution in [2.45, 2.75) is 70.9 Å². The fraction of sp³-hybridized carbons (Fsp3) is 0.520. The van der Waals surface area contributed by atoms with Crippen molar-refractivity contribution in [3.8, 4) is 5.75 Å². The van der Waals surface area contributed by atoms with Gasteiger partial charge in [-0.25, -0.2) is 9.59 Å². The molecule has 1 amide bonds. The molecule has 1 aliphatic rings. The van der Waals surface area contributed by atoms with Gasteiger partial charge in [0.25, 0.3) is 0 Å². The lowest BCUT2D eigenvalue weighted by Gasteiger charge is -2.43. The predicted octanol–water partition coefficient (Wildman–Crippen LogP) is 0.286. The van der Waals surface area contributed by atoms with Crippen LogP contribution in [-0.4, -0.2) is 91.5 Å². The second-order valence-corrected chi connectivity index (χ2v) is 8.56. The van der Waals surface area contributed by atoms with Crippen molar-refractivity contribution in [1.82, 2.24) is 5.32 Å². The Morgan fingerprint density at radius 3 is 1.90 bits per heavy atom. The molecule has 15 nitrogen and oxygen atoms in total. The second kappa shape index (κ2) is 14.7. The highest BCUT2D eigenvalue weighted by Crippen LogP contribution is 2.30. The third-order valence-electron chi connectivity index (χ3n) is 5.33. The maximum atomic E-state index is 12.9. The van der Waals surface area contributed by atoms with Crippen LogP contribution in [-0.2, 0) is 63.6 Å². The van der Waals surface area contributed by atoms with Gasteiger partial charge in [0.05, 0.1) is 7.11 Å². The summed E-state index contributed by atoms with van der Waals surface area (Å²) in [5.74, 6) is -4.13. The fourth-order valence-electron chi connectivity index (χ4n) is 3.77. The zero-order valence-corrected chi connectivity index (χ0v) is 22.4. The van der Waals surface area contributed by atoms with E-state index in [4.69, 9.17) is 33.2 Å². The number of benzene rings is 1. The summed E-state index contributed by atoms with van der Waals surface area (Å²) in [5.41, 5.74) is 0.556. The van der Waals surface area contributed by atoms with E-state index in [1.165, 1.54) is 24.3 Å². The van der Waals surface area contributed by atoms with E-state index in [0.29, 0.717) is 5.56 Å². The van der Waals surface area contributed by atoms with Gasteiger partial charge >= 0.3 is 35.9 Å². The Bertz CT molecular complexity index is 1090. The molecule has 0 saturated carbocycles. The van der Waals surface area contributed by atoms with Crippen LogP contribution >= 0.6 is 0 Å². The number of alkyl carbamates (subject to hydrolysis) is 1. The van der Waals surface area contributed by atoms with E-state index in [9.17, 15) is 33.9 Å². The van der Waals surface area contributed by atoms with E-state index < -0.39 is 79.3 Å². The normalized spacial score (nSPS) is 22.6. The second-order valence-electron chi connectivity index (χ2n) is 8.56. The Kier molecular flexibility index (Phi) is 11.7. The summed E-state index contributed by atoms with van der Waals surface area (Å²) < 4.78 is 36.5. The highest BCUT2D eigenvalue weighted by Gasteiger charge is 2.54. The van der Waals surface area contributed by atoms with Crippen LogP contribution in [0.2, 0.25) is 0 Å². The average Bonchev–Trinajstić information content (AvgIpc) is 2.86. The number of hydrogen-bond acceptors (Lipinski definition) is 14. The molecule has 0 radical (unpaired) electrons. The third-order valence-corrected chi connectivity index (χ3v) is 5.33. The Morgan fingerprint density at radius 1 is 0.825 bits per heavy atom. The number of hydrogen-bond donors (Lipinski definition) is 2. The van der Waals surface area contributed by atoms with Crippen molar-refractivity contribution in [3.05, 3.63) is 29.8 Å². The van der Waals surface area contributed by atoms with Crippen LogP contribution < -0.4 is 5.32 Å². The van der Waals surface area contributed by atoms with Crippen LogP contribution in [0.4, 0.5) is 4.79 Å². The number of amides is 1. The number of ether oxygens (including phenoxy) is 7. The van der Waals surface area contributed by atoms with Crippen molar-refractivity contribution in [3.63, 3.8) is 0 Å². The zero-order valence-electron chi connectivity index (χ0n) is 22.4. The standard InChI is InChI=1S/C25H31NO14/c1-12(27)35-11-19-20(36-13(2)28)21(37-14(3)29)22(38-15(4)30)24(39-19)40-25(33)26-18(23(32)34-5)10-16-6-8-17(31)9-7-16/h6-9,18-22,24,31H,10-11H2,1-5H3,(H,26,33)/t18-,19+,20+,21-,22+,24?/m0/s1. The Morgan fingerprint density at radius 2 is 1.38 bits per heavy atom. The molecular weight excluding hydrogens is 538 g/mol. The average molecular weight is 570 g/mol. The molecule has 1 unspecified atom stereocenters.